The van der Waals surface area contributed by atoms with Gasteiger partial charge < -0.3 is 0 Å². The molecule has 0 fully saturated rings. The lowest BCUT2D eigenvalue weighted by Crippen LogP contribution is -2.06. The van der Waals surface area contributed by atoms with Crippen LogP contribution in [-0.4, -0.2) is 13.0 Å². The standard InChI is InChI=1S/C16H12ClF3O3S/c17-15-8-10(16(18,19)20)2-5-14(15)13-4-1-9-7-11(24(21,22)23)3-6-12(9)13/h2-3,5-8,13H,1,4H2,(H,21,22,23). The largest absolute Gasteiger partial charge is 0.416 e. The molecule has 0 amide bonds. The van der Waals surface area contributed by atoms with Crippen LogP contribution in [0.3, 0.4) is 0 Å². The van der Waals surface area contributed by atoms with E-state index in [0.29, 0.717) is 18.4 Å². The fourth-order valence-electron chi connectivity index (χ4n) is 3.06. The Morgan fingerprint density at radius 3 is 2.33 bits per heavy atom. The molecule has 3 nitrogen and oxygen atoms in total. The molecule has 0 aliphatic heterocycles. The van der Waals surface area contributed by atoms with Gasteiger partial charge in [0.1, 0.15) is 0 Å². The lowest BCUT2D eigenvalue weighted by Gasteiger charge is -2.16. The van der Waals surface area contributed by atoms with Crippen molar-refractivity contribution in [2.45, 2.75) is 29.8 Å². The third-order valence-corrected chi connectivity index (χ3v) is 5.37. The molecule has 8 heteroatoms. The van der Waals surface area contributed by atoms with E-state index in [2.05, 4.69) is 0 Å². The lowest BCUT2D eigenvalue weighted by molar-refractivity contribution is -0.137. The van der Waals surface area contributed by atoms with Gasteiger partial charge in [-0.2, -0.15) is 21.6 Å². The Bertz CT molecular complexity index is 907. The normalized spacial score (nSPS) is 17.8. The monoisotopic (exact) mass is 376 g/mol. The van der Waals surface area contributed by atoms with Crippen molar-refractivity contribution in [3.05, 3.63) is 63.7 Å². The minimum Gasteiger partial charge on any atom is -0.282 e. The van der Waals surface area contributed by atoms with Crippen molar-refractivity contribution < 1.29 is 26.1 Å². The zero-order chi connectivity index (χ0) is 17.7. The first-order valence-corrected chi connectivity index (χ1v) is 8.86. The fraction of sp³-hybridized carbons (Fsp3) is 0.250. The first-order valence-electron chi connectivity index (χ1n) is 7.04. The average molecular weight is 377 g/mol. The molecule has 24 heavy (non-hydrogen) atoms. The molecule has 1 aliphatic carbocycles. The van der Waals surface area contributed by atoms with Gasteiger partial charge in [-0.15, -0.1) is 0 Å². The number of aryl methyl sites for hydroxylation is 1. The molecule has 0 saturated carbocycles. The molecule has 1 atom stereocenters. The van der Waals surface area contributed by atoms with Crippen molar-refractivity contribution in [1.82, 2.24) is 0 Å². The second-order valence-corrected chi connectivity index (χ2v) is 7.49. The smallest absolute Gasteiger partial charge is 0.282 e. The van der Waals surface area contributed by atoms with E-state index in [1.165, 1.54) is 18.2 Å². The Kier molecular flexibility index (Phi) is 4.14. The highest BCUT2D eigenvalue weighted by atomic mass is 35.5. The zero-order valence-electron chi connectivity index (χ0n) is 12.1. The van der Waals surface area contributed by atoms with Gasteiger partial charge in [-0.1, -0.05) is 23.7 Å². The fourth-order valence-corrected chi connectivity index (χ4v) is 3.91. The molecule has 2 aromatic rings. The van der Waals surface area contributed by atoms with Crippen LogP contribution in [0.5, 0.6) is 0 Å². The molecule has 1 aliphatic rings. The van der Waals surface area contributed by atoms with Crippen LogP contribution in [0.4, 0.5) is 13.2 Å². The van der Waals surface area contributed by atoms with E-state index in [-0.39, 0.29) is 15.8 Å². The van der Waals surface area contributed by atoms with Gasteiger partial charge in [0.25, 0.3) is 10.1 Å². The van der Waals surface area contributed by atoms with Crippen molar-refractivity contribution in [1.29, 1.82) is 0 Å². The Labute approximate surface area is 141 Å². The van der Waals surface area contributed by atoms with Crippen LogP contribution in [0.25, 0.3) is 0 Å². The number of fused-ring (bicyclic) bond motifs is 1. The Balaban J connectivity index is 2.00. The van der Waals surface area contributed by atoms with E-state index in [1.54, 1.807) is 6.07 Å². The summed E-state index contributed by atoms with van der Waals surface area (Å²) in [6, 6.07) is 7.51. The molecule has 3 rings (SSSR count). The SMILES string of the molecule is O=S(=O)(O)c1ccc2c(c1)CCC2c1ccc(C(F)(F)F)cc1Cl. The lowest BCUT2D eigenvalue weighted by atomic mass is 9.92. The molecule has 0 spiro atoms. The minimum absolute atomic E-state index is 0.0292. The molecule has 0 radical (unpaired) electrons. The predicted molar refractivity (Wildman–Crippen MR) is 82.9 cm³/mol. The summed E-state index contributed by atoms with van der Waals surface area (Å²) in [6.07, 6.45) is -3.30. The molecule has 1 unspecified atom stereocenters. The molecular formula is C16H12ClF3O3S. The second-order valence-electron chi connectivity index (χ2n) is 5.66. The number of alkyl halides is 3. The van der Waals surface area contributed by atoms with Crippen molar-refractivity contribution in [2.24, 2.45) is 0 Å². The van der Waals surface area contributed by atoms with Crippen LogP contribution in [0.2, 0.25) is 5.02 Å². The maximum Gasteiger partial charge on any atom is 0.416 e. The van der Waals surface area contributed by atoms with Crippen LogP contribution >= 0.6 is 11.6 Å². The van der Waals surface area contributed by atoms with Crippen LogP contribution in [0.1, 0.15) is 34.6 Å². The summed E-state index contributed by atoms with van der Waals surface area (Å²) in [7, 11) is -4.29. The Morgan fingerprint density at radius 2 is 1.75 bits per heavy atom. The Hall–Kier alpha value is -1.57. The maximum atomic E-state index is 12.7. The van der Waals surface area contributed by atoms with E-state index in [4.69, 9.17) is 16.2 Å². The quantitative estimate of drug-likeness (QED) is 0.774. The van der Waals surface area contributed by atoms with E-state index in [0.717, 1.165) is 23.3 Å². The summed E-state index contributed by atoms with van der Waals surface area (Å²) in [5, 5.41) is 0.0292. The van der Waals surface area contributed by atoms with E-state index >= 15 is 0 Å². The van der Waals surface area contributed by atoms with Gasteiger partial charge in [-0.3, -0.25) is 4.55 Å². The van der Waals surface area contributed by atoms with Crippen molar-refractivity contribution >= 4 is 21.7 Å². The van der Waals surface area contributed by atoms with Gasteiger partial charge in [0, 0.05) is 10.9 Å². The molecule has 0 aromatic heterocycles. The van der Waals surface area contributed by atoms with Crippen molar-refractivity contribution in [2.75, 3.05) is 0 Å². The predicted octanol–water partition coefficient (Wildman–Crippen LogP) is 4.68. The highest BCUT2D eigenvalue weighted by Gasteiger charge is 2.32. The highest BCUT2D eigenvalue weighted by Crippen LogP contribution is 2.43. The van der Waals surface area contributed by atoms with Crippen molar-refractivity contribution in [3.63, 3.8) is 0 Å². The van der Waals surface area contributed by atoms with Crippen LogP contribution < -0.4 is 0 Å². The van der Waals surface area contributed by atoms with Gasteiger partial charge in [-0.25, -0.2) is 0 Å². The molecule has 1 N–H and O–H groups in total. The average Bonchev–Trinajstić information content (AvgIpc) is 2.88. The van der Waals surface area contributed by atoms with Gasteiger partial charge in [-0.05, 0) is 53.8 Å². The van der Waals surface area contributed by atoms with Gasteiger partial charge >= 0.3 is 6.18 Å². The van der Waals surface area contributed by atoms with Gasteiger partial charge in [0.15, 0.2) is 0 Å². The summed E-state index contributed by atoms with van der Waals surface area (Å²) >= 11 is 6.05. The van der Waals surface area contributed by atoms with Crippen LogP contribution in [0.15, 0.2) is 41.3 Å². The summed E-state index contributed by atoms with van der Waals surface area (Å²) in [4.78, 5) is -0.194. The molecule has 0 heterocycles. The number of rotatable bonds is 2. The first kappa shape index (κ1) is 17.3. The maximum absolute atomic E-state index is 12.7. The second kappa shape index (κ2) is 5.75. The van der Waals surface area contributed by atoms with E-state index in [9.17, 15) is 21.6 Å². The number of benzene rings is 2. The first-order chi connectivity index (χ1) is 11.1. The molecule has 0 saturated heterocycles. The third kappa shape index (κ3) is 3.16. The molecule has 2 aromatic carbocycles. The highest BCUT2D eigenvalue weighted by molar-refractivity contribution is 7.85. The molecular weight excluding hydrogens is 365 g/mol. The van der Waals surface area contributed by atoms with Gasteiger partial charge in [0.2, 0.25) is 0 Å². The third-order valence-electron chi connectivity index (χ3n) is 4.19. The zero-order valence-corrected chi connectivity index (χ0v) is 13.7. The minimum atomic E-state index is -4.46. The van der Waals surface area contributed by atoms with Crippen molar-refractivity contribution in [3.8, 4) is 0 Å². The van der Waals surface area contributed by atoms with Crippen LogP contribution in [0, 0.1) is 0 Å². The summed E-state index contributed by atoms with van der Waals surface area (Å²) in [5.74, 6) is -0.203. The Morgan fingerprint density at radius 1 is 1.08 bits per heavy atom. The van der Waals surface area contributed by atoms with Gasteiger partial charge in [0.05, 0.1) is 10.5 Å². The summed E-state index contributed by atoms with van der Waals surface area (Å²) < 4.78 is 69.7. The molecule has 0 bridgehead atoms. The summed E-state index contributed by atoms with van der Waals surface area (Å²) in [6.45, 7) is 0. The summed E-state index contributed by atoms with van der Waals surface area (Å²) in [5.41, 5.74) is 1.31. The number of hydrogen-bond acceptors (Lipinski definition) is 2. The number of halogens is 4. The van der Waals surface area contributed by atoms with E-state index < -0.39 is 21.9 Å². The number of hydrogen-bond donors (Lipinski definition) is 1. The van der Waals surface area contributed by atoms with E-state index in [1.807, 2.05) is 0 Å². The van der Waals surface area contributed by atoms with Crippen LogP contribution in [-0.2, 0) is 22.7 Å². The molecule has 128 valence electrons. The topological polar surface area (TPSA) is 54.4 Å².